The van der Waals surface area contributed by atoms with Crippen LogP contribution in [0.25, 0.3) is 0 Å². The Labute approximate surface area is 133 Å². The summed E-state index contributed by atoms with van der Waals surface area (Å²) in [5.41, 5.74) is 8.23. The van der Waals surface area contributed by atoms with E-state index in [0.717, 1.165) is 15.6 Å². The maximum atomic E-state index is 11.8. The van der Waals surface area contributed by atoms with Crippen LogP contribution in [0.3, 0.4) is 0 Å². The summed E-state index contributed by atoms with van der Waals surface area (Å²) in [6.45, 7) is 0.548. The molecular weight excluding hydrogens is 328 g/mol. The third-order valence-corrected chi connectivity index (χ3v) is 3.84. The molecular formula is C17H19BrN2O. The number of hydrogen-bond donors (Lipinski definition) is 2. The Morgan fingerprint density at radius 2 is 1.76 bits per heavy atom. The third-order valence-electron chi connectivity index (χ3n) is 3.31. The van der Waals surface area contributed by atoms with Crippen LogP contribution in [0.4, 0.5) is 0 Å². The molecule has 1 amide bonds. The van der Waals surface area contributed by atoms with E-state index >= 15 is 0 Å². The van der Waals surface area contributed by atoms with Gasteiger partial charge in [0.15, 0.2) is 0 Å². The lowest BCUT2D eigenvalue weighted by atomic mass is 10.0. The predicted octanol–water partition coefficient (Wildman–Crippen LogP) is 3.55. The highest BCUT2D eigenvalue weighted by atomic mass is 79.9. The first-order chi connectivity index (χ1) is 10.1. The van der Waals surface area contributed by atoms with Crippen molar-refractivity contribution in [2.24, 2.45) is 5.73 Å². The van der Waals surface area contributed by atoms with E-state index in [1.807, 2.05) is 54.6 Å². The number of nitrogens with one attached hydrogen (secondary N) is 1. The van der Waals surface area contributed by atoms with Gasteiger partial charge in [-0.25, -0.2) is 0 Å². The number of rotatable bonds is 6. The average molecular weight is 347 g/mol. The quantitative estimate of drug-likeness (QED) is 0.840. The van der Waals surface area contributed by atoms with Crippen molar-refractivity contribution in [1.29, 1.82) is 0 Å². The molecule has 3 nitrogen and oxygen atoms in total. The largest absolute Gasteiger partial charge is 0.352 e. The van der Waals surface area contributed by atoms with Crippen LogP contribution in [-0.2, 0) is 11.3 Å². The summed E-state index contributed by atoms with van der Waals surface area (Å²) in [6, 6.07) is 17.7. The number of amides is 1. The summed E-state index contributed by atoms with van der Waals surface area (Å²) >= 11 is 3.39. The van der Waals surface area contributed by atoms with E-state index in [0.29, 0.717) is 19.4 Å². The van der Waals surface area contributed by atoms with Crippen LogP contribution in [0.15, 0.2) is 59.1 Å². The zero-order valence-corrected chi connectivity index (χ0v) is 13.3. The van der Waals surface area contributed by atoms with E-state index in [-0.39, 0.29) is 11.9 Å². The van der Waals surface area contributed by atoms with Crippen molar-refractivity contribution in [2.75, 3.05) is 0 Å². The van der Waals surface area contributed by atoms with E-state index in [2.05, 4.69) is 21.2 Å². The molecule has 0 fully saturated rings. The van der Waals surface area contributed by atoms with Gasteiger partial charge in [-0.05, 0) is 29.7 Å². The Bertz CT molecular complexity index is 569. The average Bonchev–Trinajstić information content (AvgIpc) is 2.53. The van der Waals surface area contributed by atoms with Crippen molar-refractivity contribution in [1.82, 2.24) is 5.32 Å². The van der Waals surface area contributed by atoms with Gasteiger partial charge in [-0.3, -0.25) is 4.79 Å². The molecule has 0 saturated carbocycles. The van der Waals surface area contributed by atoms with Gasteiger partial charge in [0.2, 0.25) is 5.91 Å². The molecule has 2 aromatic carbocycles. The molecule has 3 N–H and O–H groups in total. The van der Waals surface area contributed by atoms with Crippen LogP contribution in [-0.4, -0.2) is 5.91 Å². The summed E-state index contributed by atoms with van der Waals surface area (Å²) in [5.74, 6) is 0.0318. The minimum Gasteiger partial charge on any atom is -0.352 e. The molecule has 2 rings (SSSR count). The Morgan fingerprint density at radius 1 is 1.10 bits per heavy atom. The number of carbonyl (C=O) groups excluding carboxylic acids is 1. The third kappa shape index (κ3) is 5.33. The summed E-state index contributed by atoms with van der Waals surface area (Å²) in [7, 11) is 0. The van der Waals surface area contributed by atoms with E-state index in [1.54, 1.807) is 0 Å². The number of halogens is 1. The van der Waals surface area contributed by atoms with Gasteiger partial charge in [0.05, 0.1) is 0 Å². The van der Waals surface area contributed by atoms with E-state index < -0.39 is 0 Å². The fraction of sp³-hybridized carbons (Fsp3) is 0.235. The molecule has 0 aliphatic carbocycles. The van der Waals surface area contributed by atoms with E-state index in [4.69, 9.17) is 5.73 Å². The number of hydrogen-bond acceptors (Lipinski definition) is 2. The molecule has 0 aliphatic rings. The van der Waals surface area contributed by atoms with Crippen molar-refractivity contribution in [2.45, 2.75) is 25.4 Å². The van der Waals surface area contributed by atoms with Gasteiger partial charge in [-0.15, -0.1) is 0 Å². The predicted molar refractivity (Wildman–Crippen MR) is 88.6 cm³/mol. The van der Waals surface area contributed by atoms with Crippen LogP contribution in [0, 0.1) is 0 Å². The van der Waals surface area contributed by atoms with Gasteiger partial charge in [0.1, 0.15) is 0 Å². The van der Waals surface area contributed by atoms with Crippen molar-refractivity contribution in [3.8, 4) is 0 Å². The molecule has 110 valence electrons. The summed E-state index contributed by atoms with van der Waals surface area (Å²) in [4.78, 5) is 11.8. The fourth-order valence-electron chi connectivity index (χ4n) is 2.04. The molecule has 0 radical (unpaired) electrons. The Morgan fingerprint density at radius 3 is 2.43 bits per heavy atom. The molecule has 1 unspecified atom stereocenters. The zero-order valence-electron chi connectivity index (χ0n) is 11.8. The minimum atomic E-state index is -0.0929. The molecule has 0 bridgehead atoms. The van der Waals surface area contributed by atoms with Gasteiger partial charge in [0.25, 0.3) is 0 Å². The van der Waals surface area contributed by atoms with Gasteiger partial charge in [-0.2, -0.15) is 0 Å². The van der Waals surface area contributed by atoms with Crippen molar-refractivity contribution in [3.05, 3.63) is 70.2 Å². The summed E-state index contributed by atoms with van der Waals surface area (Å²) in [5, 5.41) is 2.92. The Kier molecular flexibility index (Phi) is 5.96. The van der Waals surface area contributed by atoms with Gasteiger partial charge in [-0.1, -0.05) is 58.4 Å². The highest BCUT2D eigenvalue weighted by Gasteiger charge is 2.08. The zero-order chi connectivity index (χ0) is 15.1. The minimum absolute atomic E-state index is 0.0318. The molecule has 0 heterocycles. The highest BCUT2D eigenvalue weighted by Crippen LogP contribution is 2.15. The fourth-order valence-corrected chi connectivity index (χ4v) is 2.31. The lowest BCUT2D eigenvalue weighted by molar-refractivity contribution is -0.121. The maximum absolute atomic E-state index is 11.8. The molecule has 0 saturated heterocycles. The highest BCUT2D eigenvalue weighted by molar-refractivity contribution is 9.10. The molecule has 0 aromatic heterocycles. The SMILES string of the molecule is NC(CCC(=O)NCc1ccc(Br)cc1)c1ccccc1. The van der Waals surface area contributed by atoms with Crippen molar-refractivity contribution in [3.63, 3.8) is 0 Å². The topological polar surface area (TPSA) is 55.1 Å². The summed E-state index contributed by atoms with van der Waals surface area (Å²) < 4.78 is 1.03. The van der Waals surface area contributed by atoms with E-state index in [9.17, 15) is 4.79 Å². The second kappa shape index (κ2) is 7.96. The van der Waals surface area contributed by atoms with Crippen LogP contribution in [0.2, 0.25) is 0 Å². The van der Waals surface area contributed by atoms with Crippen LogP contribution in [0.1, 0.15) is 30.0 Å². The Balaban J connectivity index is 1.73. The van der Waals surface area contributed by atoms with Gasteiger partial charge < -0.3 is 11.1 Å². The van der Waals surface area contributed by atoms with Crippen LogP contribution >= 0.6 is 15.9 Å². The van der Waals surface area contributed by atoms with Gasteiger partial charge >= 0.3 is 0 Å². The molecule has 4 heteroatoms. The lowest BCUT2D eigenvalue weighted by Gasteiger charge is -2.12. The van der Waals surface area contributed by atoms with Crippen LogP contribution < -0.4 is 11.1 Å². The first-order valence-electron chi connectivity index (χ1n) is 6.97. The smallest absolute Gasteiger partial charge is 0.220 e. The monoisotopic (exact) mass is 346 g/mol. The first-order valence-corrected chi connectivity index (χ1v) is 7.76. The van der Waals surface area contributed by atoms with Crippen molar-refractivity contribution < 1.29 is 4.79 Å². The molecule has 0 spiro atoms. The van der Waals surface area contributed by atoms with Crippen molar-refractivity contribution >= 4 is 21.8 Å². The molecule has 2 aromatic rings. The number of nitrogens with two attached hydrogens (primary N) is 1. The Hall–Kier alpha value is -1.65. The van der Waals surface area contributed by atoms with E-state index in [1.165, 1.54) is 0 Å². The second-order valence-electron chi connectivity index (χ2n) is 4.96. The number of benzene rings is 2. The maximum Gasteiger partial charge on any atom is 0.220 e. The lowest BCUT2D eigenvalue weighted by Crippen LogP contribution is -2.24. The first kappa shape index (κ1) is 15.7. The number of carbonyl (C=O) groups is 1. The molecule has 21 heavy (non-hydrogen) atoms. The van der Waals surface area contributed by atoms with Crippen LogP contribution in [0.5, 0.6) is 0 Å². The normalized spacial score (nSPS) is 11.9. The second-order valence-corrected chi connectivity index (χ2v) is 5.87. The molecule has 0 aliphatic heterocycles. The standard InChI is InChI=1S/C17H19BrN2O/c18-15-8-6-13(7-9-15)12-20-17(21)11-10-16(19)14-4-2-1-3-5-14/h1-9,16H,10-12,19H2,(H,20,21). The molecule has 1 atom stereocenters. The van der Waals surface area contributed by atoms with Gasteiger partial charge in [0, 0.05) is 23.5 Å². The summed E-state index contributed by atoms with van der Waals surface area (Å²) in [6.07, 6.45) is 1.09.